The van der Waals surface area contributed by atoms with Gasteiger partial charge in [0.05, 0.1) is 19.0 Å². The van der Waals surface area contributed by atoms with Gasteiger partial charge in [-0.3, -0.25) is 9.69 Å². The first-order valence-corrected chi connectivity index (χ1v) is 14.8. The number of anilines is 1. The summed E-state index contributed by atoms with van der Waals surface area (Å²) in [5.41, 5.74) is 1.48. The second-order valence-electron chi connectivity index (χ2n) is 10.7. The number of aromatic nitrogens is 2. The molecule has 43 heavy (non-hydrogen) atoms. The van der Waals surface area contributed by atoms with Crippen molar-refractivity contribution in [2.45, 2.75) is 25.8 Å². The zero-order valence-corrected chi connectivity index (χ0v) is 25.2. The van der Waals surface area contributed by atoms with Crippen LogP contribution in [0.5, 0.6) is 11.6 Å². The second kappa shape index (κ2) is 13.7. The van der Waals surface area contributed by atoms with Gasteiger partial charge in [0.2, 0.25) is 0 Å². The summed E-state index contributed by atoms with van der Waals surface area (Å²) in [6.07, 6.45) is 2.57. The molecule has 0 bridgehead atoms. The lowest BCUT2D eigenvalue weighted by molar-refractivity contribution is -0.142. The smallest absolute Gasteiger partial charge is 0.407 e. The lowest BCUT2D eigenvalue weighted by Crippen LogP contribution is -2.48. The highest BCUT2D eigenvalue weighted by Gasteiger charge is 2.25. The van der Waals surface area contributed by atoms with Gasteiger partial charge in [0.25, 0.3) is 5.88 Å². The molecule has 2 fully saturated rings. The highest BCUT2D eigenvalue weighted by Crippen LogP contribution is 2.33. The summed E-state index contributed by atoms with van der Waals surface area (Å²) in [6.45, 7) is 3.56. The van der Waals surface area contributed by atoms with E-state index in [0.717, 1.165) is 12.8 Å². The fourth-order valence-electron chi connectivity index (χ4n) is 5.36. The van der Waals surface area contributed by atoms with Crippen LogP contribution >= 0.6 is 23.2 Å². The maximum Gasteiger partial charge on any atom is 0.407 e. The zero-order valence-electron chi connectivity index (χ0n) is 23.6. The van der Waals surface area contributed by atoms with Gasteiger partial charge in [0.15, 0.2) is 5.82 Å². The van der Waals surface area contributed by atoms with Crippen LogP contribution in [-0.2, 0) is 16.1 Å². The predicted octanol–water partition coefficient (Wildman–Crippen LogP) is 5.96. The molecule has 0 radical (unpaired) electrons. The van der Waals surface area contributed by atoms with Gasteiger partial charge in [-0.25, -0.2) is 19.2 Å². The average molecular weight is 633 g/mol. The topological polar surface area (TPSA) is 108 Å². The summed E-state index contributed by atoms with van der Waals surface area (Å²) < 4.78 is 26.7. The van der Waals surface area contributed by atoms with Crippen molar-refractivity contribution < 1.29 is 28.6 Å². The number of amides is 1. The number of likely N-dealkylation sites (tertiary alicyclic amines) is 1. The number of piperidine rings is 1. The molecule has 228 valence electrons. The molecule has 1 amide bonds. The Kier molecular flexibility index (Phi) is 9.84. The maximum absolute atomic E-state index is 15.9. The number of pyridine rings is 2. The van der Waals surface area contributed by atoms with Crippen LogP contribution in [0.2, 0.25) is 10.0 Å². The van der Waals surface area contributed by atoms with Crippen molar-refractivity contribution in [3.63, 3.8) is 0 Å². The van der Waals surface area contributed by atoms with Crippen molar-refractivity contribution >= 4 is 41.1 Å². The molecule has 0 atom stereocenters. The molecule has 2 aromatic heterocycles. The van der Waals surface area contributed by atoms with E-state index in [1.54, 1.807) is 36.4 Å². The molecule has 0 saturated carbocycles. The van der Waals surface area contributed by atoms with E-state index in [-0.39, 0.29) is 17.8 Å². The Morgan fingerprint density at radius 2 is 1.72 bits per heavy atom. The van der Waals surface area contributed by atoms with Crippen molar-refractivity contribution in [1.82, 2.24) is 19.8 Å². The number of hydrogen-bond donors (Lipinski definition) is 1. The van der Waals surface area contributed by atoms with Crippen molar-refractivity contribution in [3.05, 3.63) is 64.0 Å². The van der Waals surface area contributed by atoms with E-state index >= 15 is 4.39 Å². The molecule has 5 rings (SSSR count). The normalized spacial score (nSPS) is 16.3. The Balaban J connectivity index is 1.35. The number of hydrogen-bond acceptors (Lipinski definition) is 8. The number of ether oxygens (including phenoxy) is 2. The fraction of sp³-hybridized carbons (Fsp3) is 0.400. The number of esters is 1. The number of rotatable bonds is 8. The van der Waals surface area contributed by atoms with Crippen molar-refractivity contribution in [1.29, 1.82) is 0 Å². The van der Waals surface area contributed by atoms with E-state index in [0.29, 0.717) is 90.7 Å². The SMILES string of the molecule is COC(=O)CC1CCN(Cc2cc(-c3cc(Cl)cc(Cl)c3)nc(Oc3ccc(N4CCN(C(=O)O)CC4)nc3)c2F)CC1. The van der Waals surface area contributed by atoms with Crippen molar-refractivity contribution in [2.24, 2.45) is 5.92 Å². The number of carbonyl (C=O) groups is 2. The molecular weight excluding hydrogens is 600 g/mol. The molecular formula is C30H32Cl2FN5O5. The molecule has 10 nitrogen and oxygen atoms in total. The Morgan fingerprint density at radius 3 is 2.33 bits per heavy atom. The molecule has 1 aromatic carbocycles. The first kappa shape index (κ1) is 30.8. The first-order chi connectivity index (χ1) is 20.7. The predicted molar refractivity (Wildman–Crippen MR) is 160 cm³/mol. The van der Waals surface area contributed by atoms with Gasteiger partial charge >= 0.3 is 12.1 Å². The summed E-state index contributed by atoms with van der Waals surface area (Å²) in [5.74, 6) is 0.218. The molecule has 3 aromatic rings. The number of carboxylic acid groups (broad SMARTS) is 1. The summed E-state index contributed by atoms with van der Waals surface area (Å²) in [6, 6.07) is 10.1. The Hall–Kier alpha value is -3.67. The monoisotopic (exact) mass is 631 g/mol. The second-order valence-corrected chi connectivity index (χ2v) is 11.5. The van der Waals surface area contributed by atoms with Gasteiger partial charge in [-0.1, -0.05) is 23.2 Å². The van der Waals surface area contributed by atoms with Crippen LogP contribution in [0.3, 0.4) is 0 Å². The average Bonchev–Trinajstić information content (AvgIpc) is 3.00. The van der Waals surface area contributed by atoms with Crippen molar-refractivity contribution in [3.8, 4) is 22.9 Å². The minimum atomic E-state index is -0.935. The number of benzene rings is 1. The highest BCUT2D eigenvalue weighted by molar-refractivity contribution is 6.35. The summed E-state index contributed by atoms with van der Waals surface area (Å²) in [7, 11) is 1.39. The minimum absolute atomic E-state index is 0.200. The number of carbonyl (C=O) groups excluding carboxylic acids is 1. The largest absolute Gasteiger partial charge is 0.469 e. The van der Waals surface area contributed by atoms with Crippen LogP contribution < -0.4 is 9.64 Å². The Morgan fingerprint density at radius 1 is 1.02 bits per heavy atom. The van der Waals surface area contributed by atoms with Crippen LogP contribution in [0.15, 0.2) is 42.6 Å². The van der Waals surface area contributed by atoms with Crippen LogP contribution in [0.25, 0.3) is 11.3 Å². The summed E-state index contributed by atoms with van der Waals surface area (Å²) in [4.78, 5) is 37.3. The quantitative estimate of drug-likeness (QED) is 0.301. The molecule has 1 N–H and O–H groups in total. The van der Waals surface area contributed by atoms with Gasteiger partial charge in [0.1, 0.15) is 11.6 Å². The van der Waals surface area contributed by atoms with Gasteiger partial charge in [-0.15, -0.1) is 0 Å². The molecule has 13 heteroatoms. The standard InChI is InChI=1S/C30H32Cl2FN5O5/c1-42-27(39)12-19-4-6-36(7-5-19)18-21-15-25(20-13-22(31)16-23(32)14-20)35-29(28(21)33)43-24-2-3-26(34-17-24)37-8-10-38(11-9-37)30(40)41/h2-3,13-17,19H,4-12,18H2,1H3,(H,40,41). The Bertz CT molecular complexity index is 1440. The number of nitrogens with zero attached hydrogens (tertiary/aromatic N) is 5. The highest BCUT2D eigenvalue weighted by atomic mass is 35.5. The lowest BCUT2D eigenvalue weighted by atomic mass is 9.93. The summed E-state index contributed by atoms with van der Waals surface area (Å²) >= 11 is 12.5. The third-order valence-electron chi connectivity index (χ3n) is 7.75. The number of halogens is 3. The molecule has 0 spiro atoms. The summed E-state index contributed by atoms with van der Waals surface area (Å²) in [5, 5.41) is 10.0. The van der Waals surface area contributed by atoms with Crippen LogP contribution in [0, 0.1) is 11.7 Å². The van der Waals surface area contributed by atoms with Crippen molar-refractivity contribution in [2.75, 3.05) is 51.3 Å². The zero-order chi connectivity index (χ0) is 30.5. The molecule has 0 unspecified atom stereocenters. The van der Waals surface area contributed by atoms with E-state index in [2.05, 4.69) is 14.9 Å². The first-order valence-electron chi connectivity index (χ1n) is 14.0. The van der Waals surface area contributed by atoms with Crippen LogP contribution in [-0.4, -0.2) is 83.3 Å². The number of piperazine rings is 1. The third-order valence-corrected chi connectivity index (χ3v) is 8.19. The molecule has 0 aliphatic carbocycles. The van der Waals surface area contributed by atoms with Gasteiger partial charge in [-0.05, 0) is 68.2 Å². The van der Waals surface area contributed by atoms with E-state index in [1.807, 2.05) is 4.90 Å². The third kappa shape index (κ3) is 7.84. The molecule has 2 saturated heterocycles. The van der Waals surface area contributed by atoms with E-state index in [9.17, 15) is 14.7 Å². The van der Waals surface area contributed by atoms with Gasteiger partial charge < -0.3 is 24.4 Å². The molecule has 2 aliphatic heterocycles. The van der Waals surface area contributed by atoms with Crippen LogP contribution in [0.1, 0.15) is 24.8 Å². The fourth-order valence-corrected chi connectivity index (χ4v) is 5.88. The van der Waals surface area contributed by atoms with Gasteiger partial charge in [0, 0.05) is 60.3 Å². The Labute approximate surface area is 258 Å². The molecule has 2 aliphatic rings. The van der Waals surface area contributed by atoms with Crippen LogP contribution in [0.4, 0.5) is 15.0 Å². The van der Waals surface area contributed by atoms with E-state index in [1.165, 1.54) is 18.2 Å². The minimum Gasteiger partial charge on any atom is -0.469 e. The molecule has 4 heterocycles. The lowest BCUT2D eigenvalue weighted by Gasteiger charge is -2.33. The maximum atomic E-state index is 15.9. The van der Waals surface area contributed by atoms with Gasteiger partial charge in [-0.2, -0.15) is 0 Å². The van der Waals surface area contributed by atoms with E-state index < -0.39 is 11.9 Å². The van der Waals surface area contributed by atoms with E-state index in [4.69, 9.17) is 32.7 Å². The number of methoxy groups -OCH3 is 1.